The molecule has 0 aromatic heterocycles. The van der Waals surface area contributed by atoms with Crippen LogP contribution in [0.3, 0.4) is 0 Å². The molecular formula is C15H8F5N3O4. The standard InChI is InChI=1S/C15H8F5N3O4/c16-11-7(12(17)14(19)15(20)13(11)18)5-21-22-10(24)6-27-9-4-2-1-3-8(9)23(25)26/h1-5H,6H2,(H,22,24)/b21-5-. The van der Waals surface area contributed by atoms with Crippen LogP contribution in [0.5, 0.6) is 5.75 Å². The SMILES string of the molecule is O=C(COc1ccccc1[N+](=O)[O-])N/N=C\c1c(F)c(F)c(F)c(F)c1F. The molecule has 0 spiro atoms. The molecule has 1 N–H and O–H groups in total. The van der Waals surface area contributed by atoms with Crippen molar-refractivity contribution in [2.24, 2.45) is 5.10 Å². The quantitative estimate of drug-likeness (QED) is 0.205. The molecule has 7 nitrogen and oxygen atoms in total. The minimum atomic E-state index is -2.33. The highest BCUT2D eigenvalue weighted by Crippen LogP contribution is 2.25. The van der Waals surface area contributed by atoms with Crippen molar-refractivity contribution < 1.29 is 36.4 Å². The van der Waals surface area contributed by atoms with E-state index in [0.29, 0.717) is 0 Å². The number of nitrogens with zero attached hydrogens (tertiary/aromatic N) is 2. The fraction of sp³-hybridized carbons (Fsp3) is 0.0667. The molecular weight excluding hydrogens is 381 g/mol. The fourth-order valence-corrected chi connectivity index (χ4v) is 1.81. The van der Waals surface area contributed by atoms with Crippen LogP contribution in [0.4, 0.5) is 27.6 Å². The van der Waals surface area contributed by atoms with E-state index in [1.54, 1.807) is 5.43 Å². The summed E-state index contributed by atoms with van der Waals surface area (Å²) in [6.45, 7) is -0.765. The van der Waals surface area contributed by atoms with Crippen molar-refractivity contribution in [3.05, 3.63) is 69.0 Å². The number of ether oxygens (including phenoxy) is 1. The maximum absolute atomic E-state index is 13.4. The predicted molar refractivity (Wildman–Crippen MR) is 80.6 cm³/mol. The number of hydrogen-bond donors (Lipinski definition) is 1. The number of hydrazone groups is 1. The summed E-state index contributed by atoms with van der Waals surface area (Å²) in [4.78, 5) is 21.6. The first-order valence-corrected chi connectivity index (χ1v) is 6.93. The van der Waals surface area contributed by atoms with Crippen molar-refractivity contribution in [2.45, 2.75) is 0 Å². The molecule has 0 saturated heterocycles. The van der Waals surface area contributed by atoms with Crippen LogP contribution in [0.1, 0.15) is 5.56 Å². The smallest absolute Gasteiger partial charge is 0.310 e. The minimum Gasteiger partial charge on any atom is -0.477 e. The predicted octanol–water partition coefficient (Wildman–Crippen LogP) is 2.82. The van der Waals surface area contributed by atoms with E-state index in [1.165, 1.54) is 18.2 Å². The van der Waals surface area contributed by atoms with Gasteiger partial charge >= 0.3 is 5.69 Å². The van der Waals surface area contributed by atoms with Gasteiger partial charge in [0.1, 0.15) is 0 Å². The number of nitro groups is 1. The Balaban J connectivity index is 2.04. The van der Waals surface area contributed by atoms with Gasteiger partial charge in [0.15, 0.2) is 35.6 Å². The lowest BCUT2D eigenvalue weighted by atomic mass is 10.2. The highest BCUT2D eigenvalue weighted by Gasteiger charge is 2.24. The zero-order valence-electron chi connectivity index (χ0n) is 13.0. The monoisotopic (exact) mass is 389 g/mol. The van der Waals surface area contributed by atoms with Crippen LogP contribution in [-0.2, 0) is 4.79 Å². The molecule has 142 valence electrons. The Kier molecular flexibility index (Phi) is 6.00. The minimum absolute atomic E-state index is 0.221. The third-order valence-corrected chi connectivity index (χ3v) is 3.05. The van der Waals surface area contributed by atoms with Gasteiger partial charge in [-0.1, -0.05) is 12.1 Å². The summed E-state index contributed by atoms with van der Waals surface area (Å²) >= 11 is 0. The van der Waals surface area contributed by atoms with Gasteiger partial charge in [0.25, 0.3) is 5.91 Å². The lowest BCUT2D eigenvalue weighted by molar-refractivity contribution is -0.385. The van der Waals surface area contributed by atoms with Crippen LogP contribution in [-0.4, -0.2) is 23.7 Å². The van der Waals surface area contributed by atoms with Gasteiger partial charge in [-0.25, -0.2) is 27.4 Å². The van der Waals surface area contributed by atoms with Crippen molar-refractivity contribution in [1.82, 2.24) is 5.43 Å². The number of carbonyl (C=O) groups excluding carboxylic acids is 1. The van der Waals surface area contributed by atoms with Gasteiger partial charge in [0.2, 0.25) is 5.82 Å². The summed E-state index contributed by atoms with van der Waals surface area (Å²) in [5.41, 5.74) is -0.0407. The highest BCUT2D eigenvalue weighted by atomic mass is 19.2. The third kappa shape index (κ3) is 4.34. The number of carbonyl (C=O) groups is 1. The number of halogens is 5. The Bertz CT molecular complexity index is 907. The Labute approximate surface area is 147 Å². The first kappa shape index (κ1) is 19.8. The van der Waals surface area contributed by atoms with E-state index in [1.807, 2.05) is 0 Å². The molecule has 0 radical (unpaired) electrons. The summed E-state index contributed by atoms with van der Waals surface area (Å²) in [6.07, 6.45) is 0.221. The molecule has 0 saturated carbocycles. The largest absolute Gasteiger partial charge is 0.477 e. The number of amides is 1. The molecule has 27 heavy (non-hydrogen) atoms. The molecule has 0 bridgehead atoms. The molecule has 12 heteroatoms. The molecule has 1 amide bonds. The molecule has 0 fully saturated rings. The van der Waals surface area contributed by atoms with Gasteiger partial charge in [-0.3, -0.25) is 14.9 Å². The number of benzene rings is 2. The topological polar surface area (TPSA) is 93.8 Å². The van der Waals surface area contributed by atoms with Crippen molar-refractivity contribution in [2.75, 3.05) is 6.61 Å². The molecule has 0 unspecified atom stereocenters. The number of para-hydroxylation sites is 2. The first-order chi connectivity index (χ1) is 12.7. The van der Waals surface area contributed by atoms with E-state index in [4.69, 9.17) is 4.74 Å². The zero-order chi connectivity index (χ0) is 20.1. The van der Waals surface area contributed by atoms with Gasteiger partial charge in [0, 0.05) is 6.07 Å². The summed E-state index contributed by atoms with van der Waals surface area (Å²) in [5, 5.41) is 13.9. The van der Waals surface area contributed by atoms with Crippen molar-refractivity contribution in [3.8, 4) is 5.75 Å². The normalized spacial score (nSPS) is 10.9. The third-order valence-electron chi connectivity index (χ3n) is 3.05. The van der Waals surface area contributed by atoms with Gasteiger partial charge in [-0.15, -0.1) is 0 Å². The van der Waals surface area contributed by atoms with Gasteiger partial charge in [0.05, 0.1) is 16.7 Å². The molecule has 0 atom stereocenters. The van der Waals surface area contributed by atoms with Gasteiger partial charge in [-0.2, -0.15) is 5.10 Å². The van der Waals surface area contributed by atoms with Crippen molar-refractivity contribution in [1.29, 1.82) is 0 Å². The second-order valence-corrected chi connectivity index (χ2v) is 4.79. The number of hydrogen-bond acceptors (Lipinski definition) is 5. The molecule has 2 aromatic carbocycles. The van der Waals surface area contributed by atoms with Crippen LogP contribution in [0.15, 0.2) is 29.4 Å². The zero-order valence-corrected chi connectivity index (χ0v) is 13.0. The Hall–Kier alpha value is -3.57. The van der Waals surface area contributed by atoms with Crippen molar-refractivity contribution >= 4 is 17.8 Å². The molecule has 0 aliphatic rings. The molecule has 0 aliphatic heterocycles. The average molecular weight is 389 g/mol. The highest BCUT2D eigenvalue weighted by molar-refractivity contribution is 5.83. The maximum Gasteiger partial charge on any atom is 0.310 e. The van der Waals surface area contributed by atoms with Crippen LogP contribution < -0.4 is 10.2 Å². The molecule has 0 aliphatic carbocycles. The lowest BCUT2D eigenvalue weighted by Crippen LogP contribution is -2.25. The van der Waals surface area contributed by atoms with Gasteiger partial charge in [-0.05, 0) is 6.07 Å². The number of nitro benzene ring substituents is 1. The Morgan fingerprint density at radius 2 is 1.63 bits per heavy atom. The van der Waals surface area contributed by atoms with Crippen LogP contribution >= 0.6 is 0 Å². The van der Waals surface area contributed by atoms with E-state index in [-0.39, 0.29) is 12.0 Å². The number of nitrogens with one attached hydrogen (secondary N) is 1. The summed E-state index contributed by atoms with van der Waals surface area (Å²) in [5.74, 6) is -12.1. The van der Waals surface area contributed by atoms with Crippen LogP contribution in [0, 0.1) is 39.2 Å². The number of rotatable bonds is 6. The van der Waals surface area contributed by atoms with Crippen molar-refractivity contribution in [3.63, 3.8) is 0 Å². The second-order valence-electron chi connectivity index (χ2n) is 4.79. The van der Waals surface area contributed by atoms with E-state index >= 15 is 0 Å². The molecule has 2 rings (SSSR count). The average Bonchev–Trinajstić information content (AvgIpc) is 2.66. The molecule has 0 heterocycles. The Morgan fingerprint density at radius 1 is 1.07 bits per heavy atom. The fourth-order valence-electron chi connectivity index (χ4n) is 1.81. The summed E-state index contributed by atoms with van der Waals surface area (Å²) < 4.78 is 70.6. The van der Waals surface area contributed by atoms with Crippen LogP contribution in [0.25, 0.3) is 0 Å². The first-order valence-electron chi connectivity index (χ1n) is 6.93. The second kappa shape index (κ2) is 8.21. The summed E-state index contributed by atoms with van der Waals surface area (Å²) in [7, 11) is 0. The van der Waals surface area contributed by atoms with Gasteiger partial charge < -0.3 is 4.74 Å². The summed E-state index contributed by atoms with van der Waals surface area (Å²) in [6, 6.07) is 5.15. The van der Waals surface area contributed by atoms with Crippen LogP contribution in [0.2, 0.25) is 0 Å². The van der Waals surface area contributed by atoms with E-state index in [0.717, 1.165) is 6.07 Å². The van der Waals surface area contributed by atoms with E-state index < -0.39 is 57.8 Å². The molecule has 2 aromatic rings. The maximum atomic E-state index is 13.4. The van der Waals surface area contributed by atoms with E-state index in [9.17, 15) is 36.9 Å². The van der Waals surface area contributed by atoms with E-state index in [2.05, 4.69) is 5.10 Å². The lowest BCUT2D eigenvalue weighted by Gasteiger charge is -2.06. The Morgan fingerprint density at radius 3 is 2.22 bits per heavy atom.